The van der Waals surface area contributed by atoms with E-state index >= 15 is 0 Å². The lowest BCUT2D eigenvalue weighted by molar-refractivity contribution is -0.142. The van der Waals surface area contributed by atoms with Gasteiger partial charge < -0.3 is 10.1 Å². The van der Waals surface area contributed by atoms with Gasteiger partial charge in [0.15, 0.2) is 5.13 Å². The zero-order valence-corrected chi connectivity index (χ0v) is 10.6. The third-order valence-corrected chi connectivity index (χ3v) is 2.76. The van der Waals surface area contributed by atoms with E-state index in [2.05, 4.69) is 15.0 Å². The highest BCUT2D eigenvalue weighted by Crippen LogP contribution is 2.09. The number of esters is 1. The van der Waals surface area contributed by atoms with Crippen LogP contribution in [-0.2, 0) is 14.3 Å². The topological polar surface area (TPSA) is 71.5 Å². The van der Waals surface area contributed by atoms with Crippen molar-refractivity contribution in [2.45, 2.75) is 6.92 Å². The molecule has 0 saturated heterocycles. The molecule has 0 spiro atoms. The van der Waals surface area contributed by atoms with E-state index in [4.69, 9.17) is 0 Å². The van der Waals surface area contributed by atoms with Gasteiger partial charge in [0, 0.05) is 11.6 Å². The third-order valence-electron chi connectivity index (χ3n) is 2.07. The van der Waals surface area contributed by atoms with Crippen LogP contribution >= 0.6 is 11.3 Å². The number of methoxy groups -OCH3 is 1. The first-order chi connectivity index (χ1) is 8.15. The first-order valence-electron chi connectivity index (χ1n) is 5.14. The number of carbonyl (C=O) groups excluding carboxylic acids is 2. The minimum atomic E-state index is -0.353. The van der Waals surface area contributed by atoms with Crippen LogP contribution in [0.25, 0.3) is 0 Å². The number of hydrogen-bond acceptors (Lipinski definition) is 6. The molecule has 1 N–H and O–H groups in total. The Balaban J connectivity index is 2.39. The maximum atomic E-state index is 11.6. The summed E-state index contributed by atoms with van der Waals surface area (Å²) >= 11 is 1.35. The fourth-order valence-electron chi connectivity index (χ4n) is 1.17. The zero-order chi connectivity index (χ0) is 12.7. The predicted octanol–water partition coefficient (Wildman–Crippen LogP) is 0.576. The van der Waals surface area contributed by atoms with E-state index < -0.39 is 0 Å². The molecule has 94 valence electrons. The number of thiazole rings is 1. The van der Waals surface area contributed by atoms with Crippen LogP contribution in [0.2, 0.25) is 0 Å². The van der Waals surface area contributed by atoms with Crippen molar-refractivity contribution in [2.75, 3.05) is 32.1 Å². The molecule has 1 rings (SSSR count). The van der Waals surface area contributed by atoms with Gasteiger partial charge in [-0.1, -0.05) is 6.92 Å². The van der Waals surface area contributed by atoms with Crippen LogP contribution in [0.15, 0.2) is 11.6 Å². The molecule has 6 nitrogen and oxygen atoms in total. The second-order valence-corrected chi connectivity index (χ2v) is 4.16. The van der Waals surface area contributed by atoms with Crippen LogP contribution < -0.4 is 5.32 Å². The number of anilines is 1. The van der Waals surface area contributed by atoms with Gasteiger partial charge in [0.1, 0.15) is 0 Å². The highest BCUT2D eigenvalue weighted by molar-refractivity contribution is 7.13. The van der Waals surface area contributed by atoms with E-state index in [1.807, 2.05) is 6.92 Å². The fraction of sp³-hybridized carbons (Fsp3) is 0.500. The number of nitrogens with zero attached hydrogens (tertiary/aromatic N) is 2. The van der Waals surface area contributed by atoms with E-state index in [1.165, 1.54) is 18.4 Å². The summed E-state index contributed by atoms with van der Waals surface area (Å²) in [6.07, 6.45) is 1.62. The highest BCUT2D eigenvalue weighted by atomic mass is 32.1. The van der Waals surface area contributed by atoms with Crippen LogP contribution in [0.1, 0.15) is 6.92 Å². The van der Waals surface area contributed by atoms with Crippen molar-refractivity contribution in [1.82, 2.24) is 9.88 Å². The van der Waals surface area contributed by atoms with Crippen LogP contribution in [0.4, 0.5) is 5.13 Å². The summed E-state index contributed by atoms with van der Waals surface area (Å²) in [7, 11) is 1.33. The second kappa shape index (κ2) is 6.97. The summed E-state index contributed by atoms with van der Waals surface area (Å²) in [4.78, 5) is 28.3. The molecular formula is C10H15N3O3S. The molecule has 0 saturated carbocycles. The minimum Gasteiger partial charge on any atom is -0.468 e. The van der Waals surface area contributed by atoms with Crippen molar-refractivity contribution in [1.29, 1.82) is 0 Å². The monoisotopic (exact) mass is 257 g/mol. The largest absolute Gasteiger partial charge is 0.468 e. The van der Waals surface area contributed by atoms with Gasteiger partial charge in [-0.15, -0.1) is 11.3 Å². The number of hydrogen-bond donors (Lipinski definition) is 1. The number of rotatable bonds is 6. The Morgan fingerprint density at radius 1 is 1.53 bits per heavy atom. The lowest BCUT2D eigenvalue weighted by Crippen LogP contribution is -2.37. The summed E-state index contributed by atoms with van der Waals surface area (Å²) in [6.45, 7) is 2.73. The fourth-order valence-corrected chi connectivity index (χ4v) is 1.72. The van der Waals surface area contributed by atoms with Gasteiger partial charge >= 0.3 is 5.97 Å². The second-order valence-electron chi connectivity index (χ2n) is 3.26. The van der Waals surface area contributed by atoms with Crippen molar-refractivity contribution >= 4 is 28.3 Å². The minimum absolute atomic E-state index is 0.109. The molecule has 0 aliphatic rings. The van der Waals surface area contributed by atoms with E-state index in [9.17, 15) is 9.59 Å². The Kier molecular flexibility index (Phi) is 5.58. The third kappa shape index (κ3) is 4.92. The summed E-state index contributed by atoms with van der Waals surface area (Å²) in [5.41, 5.74) is 0. The average Bonchev–Trinajstić information content (AvgIpc) is 2.80. The highest BCUT2D eigenvalue weighted by Gasteiger charge is 2.13. The molecular weight excluding hydrogens is 242 g/mol. The number of likely N-dealkylation sites (N-methyl/N-ethyl adjacent to an activating group) is 1. The molecule has 0 bridgehead atoms. The predicted molar refractivity (Wildman–Crippen MR) is 64.9 cm³/mol. The number of aromatic nitrogens is 1. The van der Waals surface area contributed by atoms with Gasteiger partial charge in [-0.05, 0) is 6.54 Å². The standard InChI is InChI=1S/C10H15N3O3S/c1-3-13(7-9(15)16-2)6-8(14)12-10-11-4-5-17-10/h4-5H,3,6-7H2,1-2H3,(H,11,12,14). The summed E-state index contributed by atoms with van der Waals surface area (Å²) in [5, 5.41) is 4.99. The van der Waals surface area contributed by atoms with Crippen molar-refractivity contribution in [2.24, 2.45) is 0 Å². The van der Waals surface area contributed by atoms with Gasteiger partial charge in [0.25, 0.3) is 0 Å². The quantitative estimate of drug-likeness (QED) is 0.755. The van der Waals surface area contributed by atoms with E-state index in [-0.39, 0.29) is 25.0 Å². The zero-order valence-electron chi connectivity index (χ0n) is 9.80. The summed E-state index contributed by atoms with van der Waals surface area (Å²) in [5.74, 6) is -0.542. The van der Waals surface area contributed by atoms with Crippen LogP contribution in [0, 0.1) is 0 Å². The molecule has 0 fully saturated rings. The van der Waals surface area contributed by atoms with E-state index in [0.717, 1.165) is 0 Å². The molecule has 0 unspecified atom stereocenters. The molecule has 0 atom stereocenters. The van der Waals surface area contributed by atoms with Crippen LogP contribution in [-0.4, -0.2) is 48.5 Å². The number of amides is 1. The summed E-state index contributed by atoms with van der Waals surface area (Å²) in [6, 6.07) is 0. The Morgan fingerprint density at radius 3 is 2.82 bits per heavy atom. The van der Waals surface area contributed by atoms with Gasteiger partial charge in [-0.2, -0.15) is 0 Å². The Morgan fingerprint density at radius 2 is 2.29 bits per heavy atom. The molecule has 0 aliphatic carbocycles. The molecule has 1 aromatic rings. The molecule has 0 aliphatic heterocycles. The maximum Gasteiger partial charge on any atom is 0.319 e. The van der Waals surface area contributed by atoms with Crippen LogP contribution in [0.5, 0.6) is 0 Å². The van der Waals surface area contributed by atoms with Gasteiger partial charge in [-0.25, -0.2) is 4.98 Å². The van der Waals surface area contributed by atoms with Gasteiger partial charge in [0.2, 0.25) is 5.91 Å². The smallest absolute Gasteiger partial charge is 0.319 e. The molecule has 1 amide bonds. The molecule has 0 radical (unpaired) electrons. The SMILES string of the molecule is CCN(CC(=O)Nc1nccs1)CC(=O)OC. The number of nitrogens with one attached hydrogen (secondary N) is 1. The number of carbonyl (C=O) groups is 2. The molecule has 7 heteroatoms. The lowest BCUT2D eigenvalue weighted by atomic mass is 10.4. The van der Waals surface area contributed by atoms with Crippen LogP contribution in [0.3, 0.4) is 0 Å². The van der Waals surface area contributed by atoms with Crippen molar-refractivity contribution in [3.63, 3.8) is 0 Å². The Labute approximate surface area is 104 Å². The van der Waals surface area contributed by atoms with Gasteiger partial charge in [0.05, 0.1) is 20.2 Å². The summed E-state index contributed by atoms with van der Waals surface area (Å²) < 4.78 is 4.55. The normalized spacial score (nSPS) is 10.3. The molecule has 1 heterocycles. The van der Waals surface area contributed by atoms with E-state index in [0.29, 0.717) is 11.7 Å². The maximum absolute atomic E-state index is 11.6. The average molecular weight is 257 g/mol. The lowest BCUT2D eigenvalue weighted by Gasteiger charge is -2.17. The first-order valence-corrected chi connectivity index (χ1v) is 6.02. The van der Waals surface area contributed by atoms with Crippen molar-refractivity contribution < 1.29 is 14.3 Å². The Bertz CT molecular complexity index is 367. The van der Waals surface area contributed by atoms with Crippen molar-refractivity contribution in [3.8, 4) is 0 Å². The van der Waals surface area contributed by atoms with Crippen molar-refractivity contribution in [3.05, 3.63) is 11.6 Å². The molecule has 17 heavy (non-hydrogen) atoms. The number of ether oxygens (including phenoxy) is 1. The van der Waals surface area contributed by atoms with E-state index in [1.54, 1.807) is 16.5 Å². The molecule has 0 aromatic carbocycles. The first kappa shape index (κ1) is 13.6. The molecule has 1 aromatic heterocycles. The Hall–Kier alpha value is -1.47. The van der Waals surface area contributed by atoms with Gasteiger partial charge in [-0.3, -0.25) is 14.5 Å².